The molecule has 0 atom stereocenters. The van der Waals surface area contributed by atoms with Crippen molar-refractivity contribution < 1.29 is 14.6 Å². The third-order valence-corrected chi connectivity index (χ3v) is 3.72. The third-order valence-electron chi connectivity index (χ3n) is 3.72. The number of nitrogens with zero attached hydrogens (tertiary/aromatic N) is 2. The van der Waals surface area contributed by atoms with E-state index in [1.54, 1.807) is 30.5 Å². The number of hydrogen-bond donors (Lipinski definition) is 1. The van der Waals surface area contributed by atoms with E-state index in [4.69, 9.17) is 4.74 Å². The van der Waals surface area contributed by atoms with Crippen LogP contribution in [0.3, 0.4) is 0 Å². The van der Waals surface area contributed by atoms with Crippen molar-refractivity contribution in [1.29, 1.82) is 0 Å². The van der Waals surface area contributed by atoms with E-state index in [1.165, 1.54) is 0 Å². The standard InChI is InChI=1S/C17H18N2O3/c20-16-11-14(19-7-9-22-10-8-19)4-5-15(16)17(21)13-3-1-2-6-18-12-13/h1-5,11-12,20H,6-10H2. The first-order valence-electron chi connectivity index (χ1n) is 7.33. The fourth-order valence-corrected chi connectivity index (χ4v) is 2.51. The number of anilines is 1. The zero-order valence-electron chi connectivity index (χ0n) is 12.2. The lowest BCUT2D eigenvalue weighted by atomic mass is 10.0. The number of ether oxygens (including phenoxy) is 1. The smallest absolute Gasteiger partial charge is 0.198 e. The zero-order valence-corrected chi connectivity index (χ0v) is 12.2. The van der Waals surface area contributed by atoms with Crippen molar-refractivity contribution in [2.45, 2.75) is 0 Å². The molecule has 1 N–H and O–H groups in total. The van der Waals surface area contributed by atoms with Gasteiger partial charge in [0.15, 0.2) is 5.78 Å². The number of morpholine rings is 1. The Morgan fingerprint density at radius 1 is 1.27 bits per heavy atom. The lowest BCUT2D eigenvalue weighted by Gasteiger charge is -2.29. The summed E-state index contributed by atoms with van der Waals surface area (Å²) in [5.74, 6) is -0.224. The van der Waals surface area contributed by atoms with E-state index in [9.17, 15) is 9.90 Å². The summed E-state index contributed by atoms with van der Waals surface area (Å²) >= 11 is 0. The summed E-state index contributed by atoms with van der Waals surface area (Å²) in [5, 5.41) is 10.2. The van der Waals surface area contributed by atoms with Gasteiger partial charge >= 0.3 is 0 Å². The fraction of sp³-hybridized carbons (Fsp3) is 0.294. The van der Waals surface area contributed by atoms with Gasteiger partial charge in [0, 0.05) is 36.6 Å². The van der Waals surface area contributed by atoms with E-state index in [2.05, 4.69) is 9.89 Å². The second kappa shape index (κ2) is 6.58. The van der Waals surface area contributed by atoms with Crippen LogP contribution in [0.25, 0.3) is 0 Å². The predicted molar refractivity (Wildman–Crippen MR) is 86.1 cm³/mol. The number of phenolic OH excluding ortho intramolecular Hbond substituents is 1. The minimum atomic E-state index is -0.221. The molecule has 0 spiro atoms. The molecule has 1 aromatic rings. The maximum Gasteiger partial charge on any atom is 0.198 e. The zero-order chi connectivity index (χ0) is 15.4. The van der Waals surface area contributed by atoms with Crippen LogP contribution >= 0.6 is 0 Å². The minimum absolute atomic E-state index is 0.00322. The normalized spacial score (nSPS) is 18.0. The number of carbonyl (C=O) groups excluding carboxylic acids is 1. The predicted octanol–water partition coefficient (Wildman–Crippen LogP) is 1.98. The molecule has 5 nitrogen and oxygen atoms in total. The van der Waals surface area contributed by atoms with Gasteiger partial charge in [-0.1, -0.05) is 12.2 Å². The molecule has 0 unspecified atom stereocenters. The molecule has 1 aromatic carbocycles. The molecule has 0 amide bonds. The number of Topliss-reactive ketones (excluding diaryl/α,β-unsaturated/α-hetero) is 1. The Kier molecular flexibility index (Phi) is 4.34. The second-order valence-corrected chi connectivity index (χ2v) is 5.17. The van der Waals surface area contributed by atoms with Crippen LogP contribution in [-0.4, -0.2) is 50.0 Å². The SMILES string of the molecule is O=C(C1=CC=CCN=C1)c1ccc(N2CCOCC2)cc1O. The summed E-state index contributed by atoms with van der Waals surface area (Å²) in [7, 11) is 0. The van der Waals surface area contributed by atoms with E-state index in [-0.39, 0.29) is 11.5 Å². The lowest BCUT2D eigenvalue weighted by Crippen LogP contribution is -2.36. The topological polar surface area (TPSA) is 62.1 Å². The number of rotatable bonds is 3. The highest BCUT2D eigenvalue weighted by Crippen LogP contribution is 2.27. The Morgan fingerprint density at radius 3 is 2.86 bits per heavy atom. The number of allylic oxidation sites excluding steroid dienone is 3. The number of ketones is 1. The summed E-state index contributed by atoms with van der Waals surface area (Å²) in [6.07, 6.45) is 6.95. The third kappa shape index (κ3) is 3.09. The first kappa shape index (κ1) is 14.5. The summed E-state index contributed by atoms with van der Waals surface area (Å²) in [6, 6.07) is 5.18. The van der Waals surface area contributed by atoms with Crippen molar-refractivity contribution >= 4 is 17.7 Å². The van der Waals surface area contributed by atoms with Crippen LogP contribution in [0.4, 0.5) is 5.69 Å². The summed E-state index contributed by atoms with van der Waals surface area (Å²) in [6.45, 7) is 3.49. The van der Waals surface area contributed by atoms with Crippen LogP contribution in [0.15, 0.2) is 47.0 Å². The van der Waals surface area contributed by atoms with Crippen LogP contribution < -0.4 is 4.90 Å². The van der Waals surface area contributed by atoms with Crippen LogP contribution in [0.2, 0.25) is 0 Å². The van der Waals surface area contributed by atoms with Crippen LogP contribution in [0.1, 0.15) is 10.4 Å². The molecule has 0 radical (unpaired) electrons. The highest BCUT2D eigenvalue weighted by Gasteiger charge is 2.18. The van der Waals surface area contributed by atoms with Crippen molar-refractivity contribution in [1.82, 2.24) is 0 Å². The highest BCUT2D eigenvalue weighted by molar-refractivity contribution is 6.22. The molecule has 3 rings (SSSR count). The van der Waals surface area contributed by atoms with Gasteiger partial charge in [0.1, 0.15) is 5.75 Å². The molecule has 5 heteroatoms. The number of phenols is 1. The molecule has 2 aliphatic rings. The second-order valence-electron chi connectivity index (χ2n) is 5.17. The van der Waals surface area contributed by atoms with Gasteiger partial charge in [-0.05, 0) is 18.2 Å². The summed E-state index contributed by atoms with van der Waals surface area (Å²) < 4.78 is 5.32. The van der Waals surface area contributed by atoms with E-state index in [0.29, 0.717) is 30.9 Å². The maximum atomic E-state index is 12.5. The van der Waals surface area contributed by atoms with Crippen molar-refractivity contribution in [2.75, 3.05) is 37.7 Å². The highest BCUT2D eigenvalue weighted by atomic mass is 16.5. The maximum absolute atomic E-state index is 12.5. The van der Waals surface area contributed by atoms with Gasteiger partial charge in [0.05, 0.1) is 25.3 Å². The van der Waals surface area contributed by atoms with E-state index in [1.807, 2.05) is 12.1 Å². The van der Waals surface area contributed by atoms with Crippen LogP contribution in [0, 0.1) is 0 Å². The molecule has 22 heavy (non-hydrogen) atoms. The number of carbonyl (C=O) groups is 1. The number of benzene rings is 1. The van der Waals surface area contributed by atoms with Crippen LogP contribution in [-0.2, 0) is 4.74 Å². The van der Waals surface area contributed by atoms with Crippen LogP contribution in [0.5, 0.6) is 5.75 Å². The molecular formula is C17H18N2O3. The Hall–Kier alpha value is -2.40. The van der Waals surface area contributed by atoms with E-state index < -0.39 is 0 Å². The molecule has 1 saturated heterocycles. The lowest BCUT2D eigenvalue weighted by molar-refractivity contribution is 0.103. The van der Waals surface area contributed by atoms with E-state index >= 15 is 0 Å². The molecule has 0 bridgehead atoms. The largest absolute Gasteiger partial charge is 0.507 e. The van der Waals surface area contributed by atoms with Gasteiger partial charge in [0.2, 0.25) is 0 Å². The number of hydrogen-bond acceptors (Lipinski definition) is 5. The first-order valence-corrected chi connectivity index (χ1v) is 7.33. The molecule has 2 aliphatic heterocycles. The average molecular weight is 298 g/mol. The number of aliphatic imine (C=N–C) groups is 1. The number of aromatic hydroxyl groups is 1. The Labute approximate surface area is 129 Å². The molecule has 0 aliphatic carbocycles. The summed E-state index contributed by atoms with van der Waals surface area (Å²) in [4.78, 5) is 18.7. The molecule has 114 valence electrons. The fourth-order valence-electron chi connectivity index (χ4n) is 2.51. The Balaban J connectivity index is 1.84. The summed E-state index contributed by atoms with van der Waals surface area (Å²) in [5.41, 5.74) is 1.67. The monoisotopic (exact) mass is 298 g/mol. The quantitative estimate of drug-likeness (QED) is 0.867. The van der Waals surface area contributed by atoms with Crippen molar-refractivity contribution in [3.8, 4) is 5.75 Å². The van der Waals surface area contributed by atoms with Gasteiger partial charge in [-0.3, -0.25) is 9.79 Å². The van der Waals surface area contributed by atoms with Gasteiger partial charge in [-0.15, -0.1) is 0 Å². The van der Waals surface area contributed by atoms with Crippen molar-refractivity contribution in [3.05, 3.63) is 47.6 Å². The Bertz CT molecular complexity index is 656. The van der Waals surface area contributed by atoms with Gasteiger partial charge in [0.25, 0.3) is 0 Å². The van der Waals surface area contributed by atoms with Gasteiger partial charge < -0.3 is 14.7 Å². The van der Waals surface area contributed by atoms with Gasteiger partial charge in [-0.2, -0.15) is 0 Å². The molecule has 0 saturated carbocycles. The molecular weight excluding hydrogens is 280 g/mol. The first-order chi connectivity index (χ1) is 10.8. The molecule has 2 heterocycles. The molecule has 0 aromatic heterocycles. The minimum Gasteiger partial charge on any atom is -0.507 e. The van der Waals surface area contributed by atoms with Gasteiger partial charge in [-0.25, -0.2) is 0 Å². The molecule has 1 fully saturated rings. The Morgan fingerprint density at radius 2 is 2.09 bits per heavy atom. The van der Waals surface area contributed by atoms with E-state index in [0.717, 1.165) is 18.8 Å². The van der Waals surface area contributed by atoms with Crippen molar-refractivity contribution in [2.24, 2.45) is 4.99 Å². The van der Waals surface area contributed by atoms with Crippen molar-refractivity contribution in [3.63, 3.8) is 0 Å². The average Bonchev–Trinajstić information content (AvgIpc) is 2.84.